The molecular weight excluding hydrogens is 442 g/mol. The first kappa shape index (κ1) is 24.0. The molecule has 1 amide bonds. The number of hydrogen-bond acceptors (Lipinski definition) is 5. The summed E-state index contributed by atoms with van der Waals surface area (Å²) in [4.78, 5) is 12.8. The highest BCUT2D eigenvalue weighted by atomic mass is 16.5. The van der Waals surface area contributed by atoms with Crippen LogP contribution >= 0.6 is 0 Å². The highest BCUT2D eigenvalue weighted by Crippen LogP contribution is 2.41. The summed E-state index contributed by atoms with van der Waals surface area (Å²) in [5, 5.41) is 3.85. The Kier molecular flexibility index (Phi) is 6.82. The molecule has 4 aromatic rings. The first-order valence-corrected chi connectivity index (χ1v) is 11.2. The largest absolute Gasteiger partial charge is 0.497 e. The van der Waals surface area contributed by atoms with E-state index in [9.17, 15) is 4.79 Å². The van der Waals surface area contributed by atoms with E-state index in [1.807, 2.05) is 69.3 Å². The molecule has 0 aliphatic rings. The van der Waals surface area contributed by atoms with Crippen LogP contribution < -0.4 is 19.5 Å². The lowest BCUT2D eigenvalue weighted by atomic mass is 9.98. The van der Waals surface area contributed by atoms with Crippen LogP contribution in [0.5, 0.6) is 17.2 Å². The lowest BCUT2D eigenvalue weighted by Crippen LogP contribution is -2.10. The number of amides is 1. The van der Waals surface area contributed by atoms with Gasteiger partial charge in [-0.1, -0.05) is 12.1 Å². The summed E-state index contributed by atoms with van der Waals surface area (Å²) in [6, 6.07) is 15.4. The van der Waals surface area contributed by atoms with Crippen LogP contribution in [-0.2, 0) is 4.79 Å². The predicted octanol–water partition coefficient (Wildman–Crippen LogP) is 6.78. The van der Waals surface area contributed by atoms with E-state index < -0.39 is 0 Å². The van der Waals surface area contributed by atoms with E-state index in [0.717, 1.165) is 44.5 Å². The number of methoxy groups -OCH3 is 3. The second-order valence-electron chi connectivity index (χ2n) is 8.40. The number of ether oxygens (including phenoxy) is 3. The number of anilines is 1. The normalized spacial score (nSPS) is 11.4. The average molecular weight is 472 g/mol. The molecule has 3 aromatic carbocycles. The first-order chi connectivity index (χ1) is 16.8. The smallest absolute Gasteiger partial charge is 0.248 e. The molecule has 0 unspecified atom stereocenters. The van der Waals surface area contributed by atoms with Gasteiger partial charge in [0.1, 0.15) is 22.8 Å². The van der Waals surface area contributed by atoms with E-state index in [4.69, 9.17) is 18.6 Å². The number of carbonyl (C=O) groups is 1. The summed E-state index contributed by atoms with van der Waals surface area (Å²) in [5.41, 5.74) is 6.80. The molecule has 4 rings (SSSR count). The van der Waals surface area contributed by atoms with Crippen LogP contribution in [0.1, 0.15) is 23.6 Å². The van der Waals surface area contributed by atoms with Gasteiger partial charge in [-0.3, -0.25) is 4.79 Å². The fraction of sp³-hybridized carbons (Fsp3) is 0.207. The highest BCUT2D eigenvalue weighted by Gasteiger charge is 2.18. The molecule has 0 aliphatic heterocycles. The van der Waals surface area contributed by atoms with Crippen LogP contribution in [0.25, 0.3) is 27.7 Å². The molecule has 6 heteroatoms. The number of aryl methyl sites for hydroxylation is 2. The van der Waals surface area contributed by atoms with Crippen molar-refractivity contribution in [2.75, 3.05) is 26.6 Å². The Balaban J connectivity index is 1.76. The van der Waals surface area contributed by atoms with Gasteiger partial charge in [-0.2, -0.15) is 0 Å². The second kappa shape index (κ2) is 9.97. The van der Waals surface area contributed by atoms with Gasteiger partial charge in [0, 0.05) is 39.9 Å². The van der Waals surface area contributed by atoms with Gasteiger partial charge in [-0.25, -0.2) is 0 Å². The average Bonchev–Trinajstić information content (AvgIpc) is 3.27. The minimum absolute atomic E-state index is 0.208. The highest BCUT2D eigenvalue weighted by molar-refractivity contribution is 6.06. The number of carbonyl (C=O) groups excluding carboxylic acids is 1. The molecule has 1 heterocycles. The van der Waals surface area contributed by atoms with Gasteiger partial charge in [0.25, 0.3) is 0 Å². The van der Waals surface area contributed by atoms with Crippen LogP contribution in [0.15, 0.2) is 65.3 Å². The van der Waals surface area contributed by atoms with E-state index in [1.54, 1.807) is 33.7 Å². The third-order valence-electron chi connectivity index (χ3n) is 6.02. The Morgan fingerprint density at radius 1 is 0.886 bits per heavy atom. The molecule has 1 N–H and O–H groups in total. The zero-order valence-corrected chi connectivity index (χ0v) is 20.8. The van der Waals surface area contributed by atoms with Crippen molar-refractivity contribution >= 4 is 28.1 Å². The molecule has 1 aromatic heterocycles. The second-order valence-corrected chi connectivity index (χ2v) is 8.40. The summed E-state index contributed by atoms with van der Waals surface area (Å²) in [6.45, 7) is 5.85. The fourth-order valence-corrected chi connectivity index (χ4v) is 4.08. The van der Waals surface area contributed by atoms with Crippen LogP contribution in [-0.4, -0.2) is 27.2 Å². The molecule has 6 nitrogen and oxygen atoms in total. The van der Waals surface area contributed by atoms with Gasteiger partial charge >= 0.3 is 0 Å². The van der Waals surface area contributed by atoms with Crippen LogP contribution in [0.2, 0.25) is 0 Å². The Morgan fingerprint density at radius 2 is 1.66 bits per heavy atom. The SMILES string of the molecule is COc1ccc(OC)c(-c2coc3cc(OC)c(/C(C)=C/C(=O)Nc4cc(C)ccc4C)cc23)c1. The topological polar surface area (TPSA) is 69.9 Å². The lowest BCUT2D eigenvalue weighted by Gasteiger charge is -2.12. The lowest BCUT2D eigenvalue weighted by molar-refractivity contribution is -0.111. The maximum absolute atomic E-state index is 12.8. The third-order valence-corrected chi connectivity index (χ3v) is 6.02. The van der Waals surface area contributed by atoms with Crippen LogP contribution in [0.4, 0.5) is 5.69 Å². The zero-order valence-electron chi connectivity index (χ0n) is 20.8. The van der Waals surface area contributed by atoms with Gasteiger partial charge in [0.15, 0.2) is 0 Å². The number of furan rings is 1. The number of nitrogens with one attached hydrogen (secondary N) is 1. The molecule has 35 heavy (non-hydrogen) atoms. The number of fused-ring (bicyclic) bond motifs is 1. The molecule has 0 bridgehead atoms. The van der Waals surface area contributed by atoms with Gasteiger partial charge in [-0.15, -0.1) is 0 Å². The summed E-state index contributed by atoms with van der Waals surface area (Å²) < 4.78 is 22.5. The summed E-state index contributed by atoms with van der Waals surface area (Å²) in [6.07, 6.45) is 3.27. The number of rotatable bonds is 7. The minimum atomic E-state index is -0.208. The Hall–Kier alpha value is -4.19. The monoisotopic (exact) mass is 471 g/mol. The van der Waals surface area contributed by atoms with Gasteiger partial charge in [0.05, 0.1) is 27.6 Å². The summed E-state index contributed by atoms with van der Waals surface area (Å²) in [7, 11) is 4.85. The number of allylic oxidation sites excluding steroid dienone is 1. The Bertz CT molecular complexity index is 1430. The van der Waals surface area contributed by atoms with E-state index in [-0.39, 0.29) is 5.91 Å². The van der Waals surface area contributed by atoms with Gasteiger partial charge in [0.2, 0.25) is 5.91 Å². The maximum Gasteiger partial charge on any atom is 0.248 e. The van der Waals surface area contributed by atoms with Gasteiger partial charge in [-0.05, 0) is 67.8 Å². The first-order valence-electron chi connectivity index (χ1n) is 11.2. The van der Waals surface area contributed by atoms with E-state index >= 15 is 0 Å². The molecule has 0 atom stereocenters. The Morgan fingerprint density at radius 3 is 2.37 bits per heavy atom. The number of hydrogen-bond donors (Lipinski definition) is 1. The molecule has 180 valence electrons. The molecule has 0 radical (unpaired) electrons. The molecular formula is C29H29NO5. The molecule has 0 spiro atoms. The van der Waals surface area contributed by atoms with E-state index in [2.05, 4.69) is 5.32 Å². The van der Waals surface area contributed by atoms with Crippen molar-refractivity contribution in [1.29, 1.82) is 0 Å². The molecule has 0 fully saturated rings. The zero-order chi connectivity index (χ0) is 25.1. The van der Waals surface area contributed by atoms with E-state index in [1.165, 1.54) is 0 Å². The molecule has 0 saturated carbocycles. The van der Waals surface area contributed by atoms with Crippen LogP contribution in [0, 0.1) is 13.8 Å². The van der Waals surface area contributed by atoms with Gasteiger partial charge < -0.3 is 23.9 Å². The maximum atomic E-state index is 12.8. The van der Waals surface area contributed by atoms with Crippen molar-refractivity contribution in [1.82, 2.24) is 0 Å². The predicted molar refractivity (Wildman–Crippen MR) is 140 cm³/mol. The van der Waals surface area contributed by atoms with E-state index in [0.29, 0.717) is 22.8 Å². The summed E-state index contributed by atoms with van der Waals surface area (Å²) in [5.74, 6) is 1.82. The van der Waals surface area contributed by atoms with Crippen molar-refractivity contribution in [2.45, 2.75) is 20.8 Å². The van der Waals surface area contributed by atoms with Crippen molar-refractivity contribution in [3.05, 3.63) is 77.6 Å². The van der Waals surface area contributed by atoms with Crippen LogP contribution in [0.3, 0.4) is 0 Å². The van der Waals surface area contributed by atoms with Crippen molar-refractivity contribution in [3.8, 4) is 28.4 Å². The molecule has 0 saturated heterocycles. The molecule has 0 aliphatic carbocycles. The van der Waals surface area contributed by atoms with Crippen molar-refractivity contribution < 1.29 is 23.4 Å². The Labute approximate surface area is 205 Å². The number of benzene rings is 3. The quantitative estimate of drug-likeness (QED) is 0.301. The fourth-order valence-electron chi connectivity index (χ4n) is 4.08. The summed E-state index contributed by atoms with van der Waals surface area (Å²) >= 11 is 0. The van der Waals surface area contributed by atoms with Crippen molar-refractivity contribution in [3.63, 3.8) is 0 Å². The standard InChI is InChI=1S/C29H29NO5/c1-17-7-8-18(2)25(11-17)30-29(31)12-19(3)21-14-23-24(16-35-28(23)15-27(21)34-6)22-13-20(32-4)9-10-26(22)33-5/h7-16H,1-6H3,(H,30,31)/b19-12+. The minimum Gasteiger partial charge on any atom is -0.497 e. The third kappa shape index (κ3) is 4.87. The van der Waals surface area contributed by atoms with Crippen molar-refractivity contribution in [2.24, 2.45) is 0 Å².